The molecule has 0 spiro atoms. The van der Waals surface area contributed by atoms with Crippen molar-refractivity contribution in [2.75, 3.05) is 14.2 Å². The molecule has 0 amide bonds. The average molecular weight is 254 g/mol. The van der Waals surface area contributed by atoms with Crippen LogP contribution in [0, 0.1) is 5.92 Å². The van der Waals surface area contributed by atoms with E-state index in [-0.39, 0.29) is 12.5 Å². The summed E-state index contributed by atoms with van der Waals surface area (Å²) in [7, 11) is 2.48. The van der Waals surface area contributed by atoms with Crippen molar-refractivity contribution in [3.8, 4) is 0 Å². The van der Waals surface area contributed by atoms with E-state index in [2.05, 4.69) is 14.6 Å². The molecular weight excluding hydrogens is 236 g/mol. The maximum absolute atomic E-state index is 11.5. The molecule has 18 heavy (non-hydrogen) atoms. The summed E-state index contributed by atoms with van der Waals surface area (Å²) in [5.41, 5.74) is 0.657. The topological polar surface area (TPSA) is 70.4 Å². The summed E-state index contributed by atoms with van der Waals surface area (Å²) in [6.07, 6.45) is 1.99. The number of hydrogen-bond acceptors (Lipinski definition) is 5. The molecule has 0 aliphatic heterocycles. The molecule has 1 aromatic rings. The third kappa shape index (κ3) is 3.32. The second-order valence-corrected chi connectivity index (χ2v) is 4.18. The van der Waals surface area contributed by atoms with Crippen molar-refractivity contribution in [1.82, 2.24) is 9.78 Å². The zero-order chi connectivity index (χ0) is 13.7. The van der Waals surface area contributed by atoms with Gasteiger partial charge in [-0.05, 0) is 19.9 Å². The van der Waals surface area contributed by atoms with Crippen LogP contribution < -0.4 is 0 Å². The van der Waals surface area contributed by atoms with E-state index in [0.717, 1.165) is 0 Å². The third-order valence-corrected chi connectivity index (χ3v) is 2.58. The molecule has 0 saturated heterocycles. The van der Waals surface area contributed by atoms with Crippen molar-refractivity contribution >= 4 is 11.9 Å². The summed E-state index contributed by atoms with van der Waals surface area (Å²) in [5, 5.41) is 4.28. The first-order valence-corrected chi connectivity index (χ1v) is 5.69. The van der Waals surface area contributed by atoms with Crippen molar-refractivity contribution in [3.05, 3.63) is 18.0 Å². The molecule has 100 valence electrons. The van der Waals surface area contributed by atoms with Gasteiger partial charge in [0, 0.05) is 18.7 Å². The number of aromatic nitrogens is 2. The van der Waals surface area contributed by atoms with Crippen LogP contribution in [0.5, 0.6) is 0 Å². The van der Waals surface area contributed by atoms with Crippen LogP contribution >= 0.6 is 0 Å². The molecule has 6 heteroatoms. The summed E-state index contributed by atoms with van der Waals surface area (Å²) >= 11 is 0. The van der Waals surface area contributed by atoms with E-state index in [1.807, 2.05) is 20.0 Å². The minimum atomic E-state index is -0.962. The van der Waals surface area contributed by atoms with E-state index in [4.69, 9.17) is 0 Å². The molecule has 0 unspecified atom stereocenters. The van der Waals surface area contributed by atoms with Gasteiger partial charge < -0.3 is 9.47 Å². The highest BCUT2D eigenvalue weighted by Gasteiger charge is 2.29. The van der Waals surface area contributed by atoms with E-state index < -0.39 is 17.9 Å². The lowest BCUT2D eigenvalue weighted by atomic mass is 10.0. The van der Waals surface area contributed by atoms with E-state index in [0.29, 0.717) is 5.69 Å². The predicted octanol–water partition coefficient (Wildman–Crippen LogP) is 0.969. The predicted molar refractivity (Wildman–Crippen MR) is 63.8 cm³/mol. The van der Waals surface area contributed by atoms with Crippen LogP contribution in [0.15, 0.2) is 12.3 Å². The van der Waals surface area contributed by atoms with Gasteiger partial charge in [-0.3, -0.25) is 14.3 Å². The SMILES string of the molecule is COC(=O)C(Cc1ccn(C(C)C)n1)C(=O)OC. The lowest BCUT2D eigenvalue weighted by Crippen LogP contribution is -2.28. The number of carbonyl (C=O) groups excluding carboxylic acids is 2. The summed E-state index contributed by atoms with van der Waals surface area (Å²) in [6.45, 7) is 3.99. The molecule has 1 rings (SSSR count). The largest absolute Gasteiger partial charge is 0.468 e. The standard InChI is InChI=1S/C12H18N2O4/c1-8(2)14-6-5-9(13-14)7-10(11(15)17-3)12(16)18-4/h5-6,8,10H,7H2,1-4H3. The Kier molecular flexibility index (Phi) is 4.88. The fourth-order valence-corrected chi connectivity index (χ4v) is 1.53. The lowest BCUT2D eigenvalue weighted by Gasteiger charge is -2.11. The van der Waals surface area contributed by atoms with E-state index >= 15 is 0 Å². The van der Waals surface area contributed by atoms with E-state index in [1.54, 1.807) is 10.7 Å². The molecule has 0 atom stereocenters. The summed E-state index contributed by atoms with van der Waals surface area (Å²) in [5.74, 6) is -2.18. The van der Waals surface area contributed by atoms with Crippen LogP contribution in [0.4, 0.5) is 0 Å². The maximum Gasteiger partial charge on any atom is 0.320 e. The monoisotopic (exact) mass is 254 g/mol. The first-order valence-electron chi connectivity index (χ1n) is 5.69. The van der Waals surface area contributed by atoms with Crippen molar-refractivity contribution in [3.63, 3.8) is 0 Å². The number of nitrogens with zero attached hydrogens (tertiary/aromatic N) is 2. The number of ether oxygens (including phenoxy) is 2. The summed E-state index contributed by atoms with van der Waals surface area (Å²) in [4.78, 5) is 23.0. The quantitative estimate of drug-likeness (QED) is 0.578. The number of carbonyl (C=O) groups is 2. The molecule has 0 fully saturated rings. The first-order chi connectivity index (χ1) is 8.49. The normalized spacial score (nSPS) is 10.8. The number of hydrogen-bond donors (Lipinski definition) is 0. The Morgan fingerprint density at radius 1 is 1.28 bits per heavy atom. The first kappa shape index (κ1) is 14.2. The highest BCUT2D eigenvalue weighted by atomic mass is 16.5. The van der Waals surface area contributed by atoms with Crippen LogP contribution in [0.1, 0.15) is 25.6 Å². The van der Waals surface area contributed by atoms with Gasteiger partial charge in [-0.15, -0.1) is 0 Å². The summed E-state index contributed by atoms with van der Waals surface area (Å²) < 4.78 is 10.9. The second kappa shape index (κ2) is 6.18. The van der Waals surface area contributed by atoms with Gasteiger partial charge in [0.1, 0.15) is 0 Å². The molecule has 6 nitrogen and oxygen atoms in total. The fraction of sp³-hybridized carbons (Fsp3) is 0.583. The van der Waals surface area contributed by atoms with Crippen LogP contribution in [0.25, 0.3) is 0 Å². The zero-order valence-corrected chi connectivity index (χ0v) is 11.0. The van der Waals surface area contributed by atoms with Gasteiger partial charge >= 0.3 is 11.9 Å². The molecule has 0 aromatic carbocycles. The third-order valence-electron chi connectivity index (χ3n) is 2.58. The molecule has 0 saturated carbocycles. The molecule has 1 heterocycles. The van der Waals surface area contributed by atoms with Crippen LogP contribution in [0.2, 0.25) is 0 Å². The minimum absolute atomic E-state index is 0.180. The Labute approximate surface area is 106 Å². The van der Waals surface area contributed by atoms with Gasteiger partial charge in [-0.2, -0.15) is 5.10 Å². The second-order valence-electron chi connectivity index (χ2n) is 4.18. The Balaban J connectivity index is 2.82. The Morgan fingerprint density at radius 2 is 1.83 bits per heavy atom. The maximum atomic E-state index is 11.5. The van der Waals surface area contributed by atoms with E-state index in [9.17, 15) is 9.59 Å². The summed E-state index contributed by atoms with van der Waals surface area (Å²) in [6, 6.07) is 2.01. The Morgan fingerprint density at radius 3 is 2.22 bits per heavy atom. The minimum Gasteiger partial charge on any atom is -0.468 e. The van der Waals surface area contributed by atoms with Crippen molar-refractivity contribution in [2.45, 2.75) is 26.3 Å². The molecule has 0 aliphatic rings. The van der Waals surface area contributed by atoms with Gasteiger partial charge in [-0.25, -0.2) is 0 Å². The fourth-order valence-electron chi connectivity index (χ4n) is 1.53. The Bertz CT molecular complexity index is 409. The van der Waals surface area contributed by atoms with Crippen LogP contribution in [-0.4, -0.2) is 35.9 Å². The molecule has 1 aromatic heterocycles. The molecule has 0 bridgehead atoms. The highest BCUT2D eigenvalue weighted by Crippen LogP contribution is 2.12. The zero-order valence-electron chi connectivity index (χ0n) is 11.0. The lowest BCUT2D eigenvalue weighted by molar-refractivity contribution is -0.158. The number of methoxy groups -OCH3 is 2. The smallest absolute Gasteiger partial charge is 0.320 e. The highest BCUT2D eigenvalue weighted by molar-refractivity contribution is 5.95. The Hall–Kier alpha value is -1.85. The van der Waals surface area contributed by atoms with Crippen molar-refractivity contribution < 1.29 is 19.1 Å². The molecule has 0 radical (unpaired) electrons. The van der Waals surface area contributed by atoms with Crippen molar-refractivity contribution in [2.24, 2.45) is 5.92 Å². The molecule has 0 aliphatic carbocycles. The molecular formula is C12H18N2O4. The van der Waals surface area contributed by atoms with Crippen molar-refractivity contribution in [1.29, 1.82) is 0 Å². The van der Waals surface area contributed by atoms with Gasteiger partial charge in [0.25, 0.3) is 0 Å². The van der Waals surface area contributed by atoms with Gasteiger partial charge in [0.15, 0.2) is 5.92 Å². The van der Waals surface area contributed by atoms with Gasteiger partial charge in [0.2, 0.25) is 0 Å². The number of esters is 2. The number of rotatable bonds is 5. The van der Waals surface area contributed by atoms with Gasteiger partial charge in [-0.1, -0.05) is 0 Å². The van der Waals surface area contributed by atoms with Crippen LogP contribution in [-0.2, 0) is 25.5 Å². The average Bonchev–Trinajstić information content (AvgIpc) is 2.82. The van der Waals surface area contributed by atoms with Gasteiger partial charge in [0.05, 0.1) is 19.9 Å². The van der Waals surface area contributed by atoms with E-state index in [1.165, 1.54) is 14.2 Å². The molecule has 0 N–H and O–H groups in total. The van der Waals surface area contributed by atoms with Crippen LogP contribution in [0.3, 0.4) is 0 Å².